The van der Waals surface area contributed by atoms with Crippen molar-refractivity contribution in [3.8, 4) is 11.1 Å². The second-order valence-electron chi connectivity index (χ2n) is 6.32. The van der Waals surface area contributed by atoms with E-state index in [1.54, 1.807) is 6.92 Å². The van der Waals surface area contributed by atoms with Gasteiger partial charge in [0.25, 0.3) is 0 Å². The third-order valence-electron chi connectivity index (χ3n) is 3.63. The molecule has 1 aromatic heterocycles. The molecule has 0 amide bonds. The van der Waals surface area contributed by atoms with Gasteiger partial charge in [-0.1, -0.05) is 45.0 Å². The molecule has 0 atom stereocenters. The topological polar surface area (TPSA) is 52.3 Å². The van der Waals surface area contributed by atoms with Crippen molar-refractivity contribution in [3.63, 3.8) is 0 Å². The van der Waals surface area contributed by atoms with E-state index in [0.29, 0.717) is 17.2 Å². The van der Waals surface area contributed by atoms with E-state index >= 15 is 0 Å². The SMILES string of the molecule is CCOC(=O)c1c(N)sc(C)c1-c1ccc(C(C)(C)C)cc1. The number of aryl methyl sites for hydroxylation is 1. The zero-order valence-corrected chi connectivity index (χ0v) is 14.6. The summed E-state index contributed by atoms with van der Waals surface area (Å²) in [6.07, 6.45) is 0. The van der Waals surface area contributed by atoms with E-state index in [0.717, 1.165) is 16.0 Å². The Morgan fingerprint density at radius 3 is 2.32 bits per heavy atom. The first-order valence-corrected chi connectivity index (χ1v) is 8.24. The van der Waals surface area contributed by atoms with Crippen LogP contribution < -0.4 is 5.73 Å². The lowest BCUT2D eigenvalue weighted by Gasteiger charge is -2.19. The fourth-order valence-electron chi connectivity index (χ4n) is 2.46. The van der Waals surface area contributed by atoms with Crippen LogP contribution in [0.2, 0.25) is 0 Å². The summed E-state index contributed by atoms with van der Waals surface area (Å²) < 4.78 is 5.15. The zero-order chi connectivity index (χ0) is 16.5. The van der Waals surface area contributed by atoms with Crippen molar-refractivity contribution in [3.05, 3.63) is 40.3 Å². The van der Waals surface area contributed by atoms with Crippen LogP contribution in [-0.4, -0.2) is 12.6 Å². The molecule has 1 aromatic carbocycles. The van der Waals surface area contributed by atoms with Gasteiger partial charge < -0.3 is 10.5 Å². The van der Waals surface area contributed by atoms with Crippen molar-refractivity contribution in [1.29, 1.82) is 0 Å². The molecule has 0 saturated carbocycles. The largest absolute Gasteiger partial charge is 0.462 e. The quantitative estimate of drug-likeness (QED) is 0.829. The molecule has 22 heavy (non-hydrogen) atoms. The van der Waals surface area contributed by atoms with E-state index in [1.165, 1.54) is 16.9 Å². The molecule has 0 saturated heterocycles. The summed E-state index contributed by atoms with van der Waals surface area (Å²) in [6.45, 7) is 10.7. The Morgan fingerprint density at radius 1 is 1.23 bits per heavy atom. The molecule has 0 fully saturated rings. The van der Waals surface area contributed by atoms with E-state index in [9.17, 15) is 4.79 Å². The predicted molar refractivity (Wildman–Crippen MR) is 93.6 cm³/mol. The summed E-state index contributed by atoms with van der Waals surface area (Å²) >= 11 is 1.43. The molecule has 3 nitrogen and oxygen atoms in total. The van der Waals surface area contributed by atoms with Crippen LogP contribution in [0.15, 0.2) is 24.3 Å². The summed E-state index contributed by atoms with van der Waals surface area (Å²) in [5.74, 6) is -0.348. The second kappa shape index (κ2) is 6.13. The number of benzene rings is 1. The predicted octanol–water partition coefficient (Wildman–Crippen LogP) is 4.78. The van der Waals surface area contributed by atoms with E-state index in [4.69, 9.17) is 10.5 Å². The minimum Gasteiger partial charge on any atom is -0.462 e. The summed E-state index contributed by atoms with van der Waals surface area (Å²) in [4.78, 5) is 13.2. The highest BCUT2D eigenvalue weighted by Gasteiger charge is 2.23. The van der Waals surface area contributed by atoms with Gasteiger partial charge in [-0.05, 0) is 30.4 Å². The van der Waals surface area contributed by atoms with Gasteiger partial charge in [0.05, 0.1) is 6.61 Å². The van der Waals surface area contributed by atoms with Gasteiger partial charge in [0.15, 0.2) is 0 Å². The first-order chi connectivity index (χ1) is 10.3. The minimum absolute atomic E-state index is 0.102. The Labute approximate surface area is 136 Å². The number of carbonyl (C=O) groups excluding carboxylic acids is 1. The average molecular weight is 317 g/mol. The third kappa shape index (κ3) is 3.17. The molecule has 1 heterocycles. The summed E-state index contributed by atoms with van der Waals surface area (Å²) in [7, 11) is 0. The van der Waals surface area contributed by atoms with Crippen molar-refractivity contribution >= 4 is 22.3 Å². The Morgan fingerprint density at radius 2 is 1.82 bits per heavy atom. The van der Waals surface area contributed by atoms with Gasteiger partial charge in [0, 0.05) is 10.4 Å². The molecule has 0 bridgehead atoms. The van der Waals surface area contributed by atoms with Gasteiger partial charge >= 0.3 is 5.97 Å². The third-order valence-corrected chi connectivity index (χ3v) is 4.57. The van der Waals surface area contributed by atoms with Gasteiger partial charge in [-0.15, -0.1) is 11.3 Å². The van der Waals surface area contributed by atoms with Crippen LogP contribution in [0.4, 0.5) is 5.00 Å². The molecule has 2 aromatic rings. The normalized spacial score (nSPS) is 11.5. The Hall–Kier alpha value is -1.81. The monoisotopic (exact) mass is 317 g/mol. The number of thiophene rings is 1. The van der Waals surface area contributed by atoms with E-state index in [1.807, 2.05) is 6.92 Å². The van der Waals surface area contributed by atoms with Crippen molar-refractivity contribution in [2.45, 2.75) is 40.0 Å². The number of rotatable bonds is 3. The highest BCUT2D eigenvalue weighted by Crippen LogP contribution is 2.39. The van der Waals surface area contributed by atoms with Gasteiger partial charge in [0.2, 0.25) is 0 Å². The smallest absolute Gasteiger partial charge is 0.341 e. The first kappa shape index (κ1) is 16.6. The highest BCUT2D eigenvalue weighted by atomic mass is 32.1. The number of nitrogen functional groups attached to an aromatic ring is 1. The fraction of sp³-hybridized carbons (Fsp3) is 0.389. The molecule has 0 aliphatic heterocycles. The highest BCUT2D eigenvalue weighted by molar-refractivity contribution is 7.16. The maximum Gasteiger partial charge on any atom is 0.341 e. The molecule has 2 rings (SSSR count). The molecule has 0 radical (unpaired) electrons. The number of anilines is 1. The number of hydrogen-bond donors (Lipinski definition) is 1. The van der Waals surface area contributed by atoms with E-state index in [2.05, 4.69) is 45.0 Å². The molecule has 0 spiro atoms. The second-order valence-corrected chi connectivity index (χ2v) is 7.58. The number of hydrogen-bond acceptors (Lipinski definition) is 4. The molecule has 118 valence electrons. The van der Waals surface area contributed by atoms with Crippen LogP contribution in [-0.2, 0) is 10.2 Å². The molecule has 0 aliphatic carbocycles. The van der Waals surface area contributed by atoms with Gasteiger partial charge in [-0.2, -0.15) is 0 Å². The van der Waals surface area contributed by atoms with Crippen LogP contribution in [0.3, 0.4) is 0 Å². The maximum atomic E-state index is 12.2. The van der Waals surface area contributed by atoms with Crippen LogP contribution in [0, 0.1) is 6.92 Å². The average Bonchev–Trinajstić information content (AvgIpc) is 2.73. The van der Waals surface area contributed by atoms with Crippen molar-refractivity contribution in [1.82, 2.24) is 0 Å². The van der Waals surface area contributed by atoms with Gasteiger partial charge in [-0.25, -0.2) is 4.79 Å². The lowest BCUT2D eigenvalue weighted by molar-refractivity contribution is 0.0529. The first-order valence-electron chi connectivity index (χ1n) is 7.42. The van der Waals surface area contributed by atoms with E-state index < -0.39 is 0 Å². The number of ether oxygens (including phenoxy) is 1. The molecule has 0 aliphatic rings. The molecule has 4 heteroatoms. The summed E-state index contributed by atoms with van der Waals surface area (Å²) in [5, 5.41) is 0.519. The van der Waals surface area contributed by atoms with Gasteiger partial charge in [0.1, 0.15) is 10.6 Å². The minimum atomic E-state index is -0.348. The standard InChI is InChI=1S/C18H23NO2S/c1-6-21-17(20)15-14(11(2)22-16(15)19)12-7-9-13(10-8-12)18(3,4)5/h7-10H,6,19H2,1-5H3. The number of esters is 1. The number of nitrogens with two attached hydrogens (primary N) is 1. The summed E-state index contributed by atoms with van der Waals surface area (Å²) in [6, 6.07) is 8.32. The van der Waals surface area contributed by atoms with Crippen molar-refractivity contribution in [2.24, 2.45) is 0 Å². The van der Waals surface area contributed by atoms with Crippen LogP contribution >= 0.6 is 11.3 Å². The molecule has 2 N–H and O–H groups in total. The Bertz CT molecular complexity index is 678. The van der Waals surface area contributed by atoms with Crippen LogP contribution in [0.25, 0.3) is 11.1 Å². The number of carbonyl (C=O) groups is 1. The zero-order valence-electron chi connectivity index (χ0n) is 13.8. The van der Waals surface area contributed by atoms with Crippen molar-refractivity contribution in [2.75, 3.05) is 12.3 Å². The lowest BCUT2D eigenvalue weighted by Crippen LogP contribution is -2.10. The Balaban J connectivity index is 2.51. The van der Waals surface area contributed by atoms with E-state index in [-0.39, 0.29) is 11.4 Å². The molecular formula is C18H23NO2S. The van der Waals surface area contributed by atoms with Gasteiger partial charge in [-0.3, -0.25) is 0 Å². The Kier molecular flexibility index (Phi) is 4.61. The van der Waals surface area contributed by atoms with Crippen molar-refractivity contribution < 1.29 is 9.53 Å². The molecular weight excluding hydrogens is 294 g/mol. The maximum absolute atomic E-state index is 12.2. The summed E-state index contributed by atoms with van der Waals surface area (Å²) in [5.41, 5.74) is 9.77. The van der Waals surface area contributed by atoms with Crippen LogP contribution in [0.5, 0.6) is 0 Å². The lowest BCUT2D eigenvalue weighted by atomic mass is 9.86. The fourth-order valence-corrected chi connectivity index (χ4v) is 3.40. The van der Waals surface area contributed by atoms with Crippen LogP contribution in [0.1, 0.15) is 48.5 Å². The molecule has 0 unspecified atom stereocenters.